The Balaban J connectivity index is 0.000000512. The van der Waals surface area contributed by atoms with Crippen LogP contribution in [0.2, 0.25) is 0 Å². The van der Waals surface area contributed by atoms with E-state index in [4.69, 9.17) is 20.7 Å². The van der Waals surface area contributed by atoms with Crippen LogP contribution in [0.1, 0.15) is 11.1 Å². The number of carbonyl (C=O) groups is 4. The van der Waals surface area contributed by atoms with Gasteiger partial charge in [-0.3, -0.25) is 4.79 Å². The zero-order chi connectivity index (χ0) is 23.3. The van der Waals surface area contributed by atoms with E-state index >= 15 is 0 Å². The molecule has 1 amide bonds. The number of hydrogen-bond donors (Lipinski definition) is 4. The van der Waals surface area contributed by atoms with Crippen LogP contribution in [0.15, 0.2) is 72.8 Å². The van der Waals surface area contributed by atoms with Crippen LogP contribution in [0.25, 0.3) is 0 Å². The number of aliphatic carboxylic acids is 2. The minimum atomic E-state index is -1.31. The van der Waals surface area contributed by atoms with Crippen molar-refractivity contribution in [2.45, 2.75) is 12.0 Å². The van der Waals surface area contributed by atoms with Gasteiger partial charge in [0.05, 0.1) is 13.7 Å². The molecule has 0 aromatic heterocycles. The zero-order valence-electron chi connectivity index (χ0n) is 16.9. The number of amides is 1. The van der Waals surface area contributed by atoms with Crippen molar-refractivity contribution in [3.05, 3.63) is 83.9 Å². The molecule has 0 spiro atoms. The summed E-state index contributed by atoms with van der Waals surface area (Å²) in [4.78, 5) is 43.7. The van der Waals surface area contributed by atoms with E-state index in [9.17, 15) is 19.2 Å². The van der Waals surface area contributed by atoms with Gasteiger partial charge >= 0.3 is 17.9 Å². The number of benzene rings is 2. The van der Waals surface area contributed by atoms with Gasteiger partial charge in [0.15, 0.2) is 5.54 Å². The lowest BCUT2D eigenvalue weighted by Crippen LogP contribution is -2.55. The molecule has 0 aliphatic heterocycles. The molecule has 31 heavy (non-hydrogen) atoms. The van der Waals surface area contributed by atoms with Crippen LogP contribution in [-0.2, 0) is 35.9 Å². The van der Waals surface area contributed by atoms with Gasteiger partial charge in [0.25, 0.3) is 0 Å². The van der Waals surface area contributed by atoms with E-state index in [1.54, 1.807) is 12.1 Å². The lowest BCUT2D eigenvalue weighted by Gasteiger charge is -2.32. The van der Waals surface area contributed by atoms with E-state index in [0.717, 1.165) is 5.56 Å². The summed E-state index contributed by atoms with van der Waals surface area (Å²) >= 11 is 0. The van der Waals surface area contributed by atoms with Gasteiger partial charge in [-0.2, -0.15) is 0 Å². The molecule has 0 aliphatic carbocycles. The first-order chi connectivity index (χ1) is 14.7. The number of carboxylic acid groups (broad SMARTS) is 2. The van der Waals surface area contributed by atoms with E-state index in [0.29, 0.717) is 17.7 Å². The Morgan fingerprint density at radius 3 is 1.84 bits per heavy atom. The first-order valence-corrected chi connectivity index (χ1v) is 9.08. The molecule has 0 radical (unpaired) electrons. The summed E-state index contributed by atoms with van der Waals surface area (Å²) in [6.07, 6.45) is 1.39. The van der Waals surface area contributed by atoms with Crippen LogP contribution in [0.3, 0.4) is 0 Å². The predicted molar refractivity (Wildman–Crippen MR) is 112 cm³/mol. The maximum absolute atomic E-state index is 12.6. The molecule has 9 nitrogen and oxygen atoms in total. The van der Waals surface area contributed by atoms with Gasteiger partial charge in [0.1, 0.15) is 0 Å². The second-order valence-corrected chi connectivity index (χ2v) is 6.19. The van der Waals surface area contributed by atoms with Crippen molar-refractivity contribution in [3.8, 4) is 0 Å². The van der Waals surface area contributed by atoms with Crippen molar-refractivity contribution in [1.29, 1.82) is 0 Å². The van der Waals surface area contributed by atoms with Crippen molar-refractivity contribution >= 4 is 23.8 Å². The smallest absolute Gasteiger partial charge is 0.336 e. The molecule has 0 saturated heterocycles. The molecule has 0 aliphatic rings. The van der Waals surface area contributed by atoms with Crippen LogP contribution in [-0.4, -0.2) is 47.7 Å². The lowest BCUT2D eigenvalue weighted by molar-refractivity contribution is -0.151. The van der Waals surface area contributed by atoms with Gasteiger partial charge in [-0.1, -0.05) is 60.7 Å². The molecule has 164 valence electrons. The number of carbonyl (C=O) groups excluding carboxylic acids is 2. The van der Waals surface area contributed by atoms with Crippen LogP contribution in [0.5, 0.6) is 0 Å². The first kappa shape index (κ1) is 25.1. The van der Waals surface area contributed by atoms with Gasteiger partial charge in [0.2, 0.25) is 5.91 Å². The first-order valence-electron chi connectivity index (χ1n) is 9.08. The highest BCUT2D eigenvalue weighted by molar-refractivity contribution is 5.90. The predicted octanol–water partition coefficient (Wildman–Crippen LogP) is 1.08. The monoisotopic (exact) mass is 428 g/mol. The molecule has 0 saturated carbocycles. The topological polar surface area (TPSA) is 156 Å². The third-order valence-electron chi connectivity index (χ3n) is 4.02. The molecule has 1 atom stereocenters. The highest BCUT2D eigenvalue weighted by Gasteiger charge is 2.42. The summed E-state index contributed by atoms with van der Waals surface area (Å²) in [6, 6.07) is 18.5. The quantitative estimate of drug-likeness (QED) is 0.359. The molecule has 2 rings (SSSR count). The minimum Gasteiger partial charge on any atom is -0.478 e. The van der Waals surface area contributed by atoms with Crippen molar-refractivity contribution in [3.63, 3.8) is 0 Å². The maximum atomic E-state index is 12.6. The third-order valence-corrected chi connectivity index (χ3v) is 4.02. The average Bonchev–Trinajstić information content (AvgIpc) is 2.78. The molecule has 0 heterocycles. The number of rotatable bonds is 8. The number of esters is 1. The highest BCUT2D eigenvalue weighted by Crippen LogP contribution is 2.27. The van der Waals surface area contributed by atoms with E-state index in [1.807, 2.05) is 48.5 Å². The lowest BCUT2D eigenvalue weighted by atomic mass is 9.83. The SMILES string of the molecule is COC(=O)C(Cc1ccccc1)(NC(=O)CN)c1ccccc1.O=C(O)C=CC(=O)O. The number of methoxy groups -OCH3 is 1. The number of ether oxygens (including phenoxy) is 1. The zero-order valence-corrected chi connectivity index (χ0v) is 16.9. The van der Waals surface area contributed by atoms with Crippen molar-refractivity contribution in [2.75, 3.05) is 13.7 Å². The fraction of sp³-hybridized carbons (Fsp3) is 0.182. The maximum Gasteiger partial charge on any atom is 0.336 e. The van der Waals surface area contributed by atoms with Crippen molar-refractivity contribution < 1.29 is 34.1 Å². The van der Waals surface area contributed by atoms with Crippen molar-refractivity contribution in [2.24, 2.45) is 5.73 Å². The van der Waals surface area contributed by atoms with Crippen LogP contribution >= 0.6 is 0 Å². The van der Waals surface area contributed by atoms with Crippen LogP contribution < -0.4 is 11.1 Å². The Bertz CT molecular complexity index is 898. The van der Waals surface area contributed by atoms with E-state index < -0.39 is 29.4 Å². The summed E-state index contributed by atoms with van der Waals surface area (Å²) < 4.78 is 4.99. The molecule has 0 fully saturated rings. The molecule has 1 unspecified atom stereocenters. The van der Waals surface area contributed by atoms with E-state index in [2.05, 4.69) is 5.32 Å². The molecule has 0 bridgehead atoms. The van der Waals surface area contributed by atoms with Crippen LogP contribution in [0.4, 0.5) is 0 Å². The normalized spacial score (nSPS) is 12.1. The Hall–Kier alpha value is -3.98. The number of nitrogens with one attached hydrogen (secondary N) is 1. The van der Waals surface area contributed by atoms with E-state index in [1.165, 1.54) is 7.11 Å². The second-order valence-electron chi connectivity index (χ2n) is 6.19. The number of hydrogen-bond acceptors (Lipinski definition) is 6. The van der Waals surface area contributed by atoms with Gasteiger partial charge in [-0.05, 0) is 11.1 Å². The molecule has 2 aromatic rings. The highest BCUT2D eigenvalue weighted by atomic mass is 16.5. The molecule has 2 aromatic carbocycles. The minimum absolute atomic E-state index is 0.208. The fourth-order valence-corrected chi connectivity index (χ4v) is 2.69. The summed E-state index contributed by atoms with van der Waals surface area (Å²) in [5, 5.41) is 18.4. The number of nitrogens with two attached hydrogens (primary N) is 1. The summed E-state index contributed by atoms with van der Waals surface area (Å²) in [6.45, 7) is -0.208. The number of carboxylic acids is 2. The summed E-state index contributed by atoms with van der Waals surface area (Å²) in [5.41, 5.74) is 5.67. The van der Waals surface area contributed by atoms with Crippen molar-refractivity contribution in [1.82, 2.24) is 5.32 Å². The Labute approximate surface area is 179 Å². The third kappa shape index (κ3) is 8.11. The second kappa shape index (κ2) is 12.6. The Morgan fingerprint density at radius 1 is 0.935 bits per heavy atom. The van der Waals surface area contributed by atoms with Gasteiger partial charge < -0.3 is 26.0 Å². The van der Waals surface area contributed by atoms with E-state index in [-0.39, 0.29) is 13.0 Å². The fourth-order valence-electron chi connectivity index (χ4n) is 2.69. The Kier molecular flexibility index (Phi) is 10.1. The van der Waals surface area contributed by atoms with Crippen LogP contribution in [0, 0.1) is 0 Å². The molecule has 5 N–H and O–H groups in total. The van der Waals surface area contributed by atoms with Gasteiger partial charge in [0, 0.05) is 18.6 Å². The standard InChI is InChI=1S/C18H20N2O3.C4H4O4/c1-23-17(22)18(20-16(21)13-19,15-10-6-3-7-11-15)12-14-8-4-2-5-9-14;5-3(6)1-2-4(7)8/h2-11H,12-13,19H2,1H3,(H,20,21);1-2H,(H,5,6)(H,7,8). The molecule has 9 heteroatoms. The summed E-state index contributed by atoms with van der Waals surface area (Å²) in [7, 11) is 1.31. The molecular formula is C22H24N2O7. The largest absolute Gasteiger partial charge is 0.478 e. The average molecular weight is 428 g/mol. The van der Waals surface area contributed by atoms with Gasteiger partial charge in [-0.15, -0.1) is 0 Å². The van der Waals surface area contributed by atoms with Gasteiger partial charge in [-0.25, -0.2) is 14.4 Å². The molecular weight excluding hydrogens is 404 g/mol. The summed E-state index contributed by atoms with van der Waals surface area (Å²) in [5.74, 6) is -3.47. The Morgan fingerprint density at radius 2 is 1.42 bits per heavy atom.